The normalized spacial score (nSPS) is 16.4. The number of carbonyl (C=O) groups excluding carboxylic acids is 1. The summed E-state index contributed by atoms with van der Waals surface area (Å²) in [6.07, 6.45) is 5.99. The Morgan fingerprint density at radius 2 is 1.77 bits per heavy atom. The highest BCUT2D eigenvalue weighted by atomic mass is 16.5. The second kappa shape index (κ2) is 6.60. The first-order chi connectivity index (χ1) is 10.8. The quantitative estimate of drug-likeness (QED) is 0.696. The van der Waals surface area contributed by atoms with Crippen molar-refractivity contribution in [2.75, 3.05) is 0 Å². The van der Waals surface area contributed by atoms with Gasteiger partial charge in [-0.25, -0.2) is 0 Å². The minimum Gasteiger partial charge on any atom is -0.618 e. The lowest BCUT2D eigenvalue weighted by Gasteiger charge is -2.24. The van der Waals surface area contributed by atoms with Gasteiger partial charge in [0.25, 0.3) is 5.69 Å². The third-order valence-electron chi connectivity index (χ3n) is 4.37. The number of rotatable bonds is 4. The molecule has 1 unspecified atom stereocenters. The molecule has 1 aliphatic carbocycles. The molecule has 22 heavy (non-hydrogen) atoms. The predicted molar refractivity (Wildman–Crippen MR) is 84.0 cm³/mol. The van der Waals surface area contributed by atoms with Crippen LogP contribution < -0.4 is 10.0 Å². The molecule has 1 atom stereocenters. The molecule has 0 bridgehead atoms. The number of pyridine rings is 1. The Labute approximate surface area is 130 Å². The topological polar surface area (TPSA) is 56.0 Å². The highest BCUT2D eigenvalue weighted by Gasteiger charge is 2.29. The van der Waals surface area contributed by atoms with Crippen LogP contribution in [0.2, 0.25) is 0 Å². The molecule has 1 aromatic heterocycles. The van der Waals surface area contributed by atoms with E-state index in [2.05, 4.69) is 5.32 Å². The van der Waals surface area contributed by atoms with Gasteiger partial charge in [-0.05, 0) is 30.4 Å². The van der Waals surface area contributed by atoms with Crippen LogP contribution in [0.25, 0.3) is 0 Å². The van der Waals surface area contributed by atoms with Gasteiger partial charge in [0.05, 0.1) is 6.04 Å². The summed E-state index contributed by atoms with van der Waals surface area (Å²) in [5.41, 5.74) is 1.25. The second-order valence-corrected chi connectivity index (χ2v) is 5.82. The van der Waals surface area contributed by atoms with Crippen molar-refractivity contribution < 1.29 is 9.52 Å². The van der Waals surface area contributed by atoms with Crippen molar-refractivity contribution in [2.45, 2.75) is 31.7 Å². The van der Waals surface area contributed by atoms with Crippen molar-refractivity contribution in [3.8, 4) is 0 Å². The van der Waals surface area contributed by atoms with Gasteiger partial charge in [0.15, 0.2) is 6.20 Å². The lowest BCUT2D eigenvalue weighted by Crippen LogP contribution is -2.41. The van der Waals surface area contributed by atoms with Crippen LogP contribution in [0.3, 0.4) is 0 Å². The van der Waals surface area contributed by atoms with E-state index in [4.69, 9.17) is 0 Å². The molecule has 1 N–H and O–H groups in total. The zero-order chi connectivity index (χ0) is 15.4. The highest BCUT2D eigenvalue weighted by molar-refractivity contribution is 5.91. The first kappa shape index (κ1) is 14.6. The second-order valence-electron chi connectivity index (χ2n) is 5.82. The molecule has 2 aromatic rings. The van der Waals surface area contributed by atoms with Crippen LogP contribution in [-0.2, 0) is 0 Å². The van der Waals surface area contributed by atoms with Crippen LogP contribution in [0.5, 0.6) is 0 Å². The highest BCUT2D eigenvalue weighted by Crippen LogP contribution is 2.35. The molecule has 4 nitrogen and oxygen atoms in total. The van der Waals surface area contributed by atoms with Crippen molar-refractivity contribution in [3.63, 3.8) is 0 Å². The molecule has 3 rings (SSSR count). The summed E-state index contributed by atoms with van der Waals surface area (Å²) in [7, 11) is 0. The Balaban J connectivity index is 1.84. The summed E-state index contributed by atoms with van der Waals surface area (Å²) in [5, 5.41) is 14.8. The summed E-state index contributed by atoms with van der Waals surface area (Å²) in [6.45, 7) is 0. The molecule has 1 aromatic carbocycles. The van der Waals surface area contributed by atoms with Crippen LogP contribution in [0.4, 0.5) is 0 Å². The third kappa shape index (κ3) is 3.11. The lowest BCUT2D eigenvalue weighted by molar-refractivity contribution is -0.607. The fourth-order valence-electron chi connectivity index (χ4n) is 3.24. The average molecular weight is 296 g/mol. The minimum absolute atomic E-state index is 0.0311. The summed E-state index contributed by atoms with van der Waals surface area (Å²) in [5.74, 6) is 0.131. The van der Waals surface area contributed by atoms with E-state index in [1.165, 1.54) is 19.0 Å². The first-order valence-electron chi connectivity index (χ1n) is 7.80. The molecule has 1 aliphatic rings. The molecule has 1 amide bonds. The fourth-order valence-corrected chi connectivity index (χ4v) is 3.24. The predicted octanol–water partition coefficient (Wildman–Crippen LogP) is 2.98. The summed E-state index contributed by atoms with van der Waals surface area (Å²) in [6, 6.07) is 14.9. The monoisotopic (exact) mass is 296 g/mol. The van der Waals surface area contributed by atoms with Gasteiger partial charge in [0.1, 0.15) is 0 Å². The largest absolute Gasteiger partial charge is 0.618 e. The van der Waals surface area contributed by atoms with Crippen LogP contribution in [0.15, 0.2) is 54.7 Å². The number of carbonyl (C=O) groups is 1. The number of aromatic nitrogens is 1. The summed E-state index contributed by atoms with van der Waals surface area (Å²) >= 11 is 0. The van der Waals surface area contributed by atoms with Gasteiger partial charge in [-0.1, -0.05) is 43.2 Å². The van der Waals surface area contributed by atoms with Gasteiger partial charge in [-0.2, -0.15) is 4.73 Å². The number of benzene rings is 1. The maximum Gasteiger partial charge on any atom is 0.317 e. The molecule has 1 heterocycles. The van der Waals surface area contributed by atoms with E-state index in [1.54, 1.807) is 18.2 Å². The van der Waals surface area contributed by atoms with Crippen molar-refractivity contribution >= 4 is 5.91 Å². The van der Waals surface area contributed by atoms with E-state index in [0.717, 1.165) is 18.4 Å². The summed E-state index contributed by atoms with van der Waals surface area (Å²) < 4.78 is 0.617. The van der Waals surface area contributed by atoms with Gasteiger partial charge >= 0.3 is 5.91 Å². The fraction of sp³-hybridized carbons (Fsp3) is 0.333. The van der Waals surface area contributed by atoms with Gasteiger partial charge in [0, 0.05) is 12.1 Å². The zero-order valence-corrected chi connectivity index (χ0v) is 12.4. The molecule has 0 radical (unpaired) electrons. The first-order valence-corrected chi connectivity index (χ1v) is 7.80. The van der Waals surface area contributed by atoms with E-state index >= 15 is 0 Å². The maximum atomic E-state index is 12.5. The molecular weight excluding hydrogens is 276 g/mol. The Bertz CT molecular complexity index is 637. The van der Waals surface area contributed by atoms with Crippen molar-refractivity contribution in [1.29, 1.82) is 0 Å². The number of amides is 1. The number of nitrogens with zero attached hydrogens (tertiary/aromatic N) is 1. The Hall–Kier alpha value is -2.36. The standard InChI is InChI=1S/C18H20N2O2/c21-18(16-12-6-7-13-20(16)22)19-17(15-10-4-5-11-15)14-8-2-1-3-9-14/h1-3,6-9,12-13,15,17H,4-5,10-11H2,(H,19,21). The van der Waals surface area contributed by atoms with Crippen LogP contribution in [0.1, 0.15) is 47.8 Å². The molecule has 0 spiro atoms. The van der Waals surface area contributed by atoms with Crippen LogP contribution in [0, 0.1) is 11.1 Å². The van der Waals surface area contributed by atoms with E-state index < -0.39 is 0 Å². The Morgan fingerprint density at radius 1 is 1.09 bits per heavy atom. The molecular formula is C18H20N2O2. The van der Waals surface area contributed by atoms with E-state index in [1.807, 2.05) is 30.3 Å². The smallest absolute Gasteiger partial charge is 0.317 e. The van der Waals surface area contributed by atoms with E-state index in [0.29, 0.717) is 10.6 Å². The van der Waals surface area contributed by atoms with Gasteiger partial charge in [-0.3, -0.25) is 4.79 Å². The van der Waals surface area contributed by atoms with Gasteiger partial charge in [-0.15, -0.1) is 0 Å². The molecule has 114 valence electrons. The van der Waals surface area contributed by atoms with Crippen molar-refractivity contribution in [1.82, 2.24) is 5.32 Å². The van der Waals surface area contributed by atoms with Gasteiger partial charge < -0.3 is 10.5 Å². The number of hydrogen-bond donors (Lipinski definition) is 1. The van der Waals surface area contributed by atoms with Crippen molar-refractivity contribution in [3.05, 3.63) is 71.2 Å². The van der Waals surface area contributed by atoms with Crippen molar-refractivity contribution in [2.24, 2.45) is 5.92 Å². The molecule has 4 heteroatoms. The zero-order valence-electron chi connectivity index (χ0n) is 12.4. The Kier molecular flexibility index (Phi) is 4.37. The van der Waals surface area contributed by atoms with E-state index in [-0.39, 0.29) is 17.6 Å². The average Bonchev–Trinajstić information content (AvgIpc) is 3.08. The molecule has 0 saturated heterocycles. The summed E-state index contributed by atoms with van der Waals surface area (Å²) in [4.78, 5) is 12.5. The molecule has 0 aliphatic heterocycles. The lowest BCUT2D eigenvalue weighted by atomic mass is 9.91. The minimum atomic E-state index is -0.309. The molecule has 1 fully saturated rings. The molecule has 1 saturated carbocycles. The Morgan fingerprint density at radius 3 is 2.45 bits per heavy atom. The third-order valence-corrected chi connectivity index (χ3v) is 4.37. The SMILES string of the molecule is O=C(NC(c1ccccc1)C1CCCC1)c1cccc[n+]1[O-]. The van der Waals surface area contributed by atoms with Crippen LogP contribution >= 0.6 is 0 Å². The van der Waals surface area contributed by atoms with Crippen LogP contribution in [-0.4, -0.2) is 5.91 Å². The number of nitrogens with one attached hydrogen (secondary N) is 1. The van der Waals surface area contributed by atoms with E-state index in [9.17, 15) is 10.0 Å². The number of hydrogen-bond acceptors (Lipinski definition) is 2. The maximum absolute atomic E-state index is 12.5. The van der Waals surface area contributed by atoms with Gasteiger partial charge in [0.2, 0.25) is 0 Å².